The maximum atomic E-state index is 13.3. The van der Waals surface area contributed by atoms with E-state index in [1.165, 1.54) is 0 Å². The van der Waals surface area contributed by atoms with Gasteiger partial charge in [-0.05, 0) is 74.9 Å². The maximum absolute atomic E-state index is 13.3. The lowest BCUT2D eigenvalue weighted by atomic mass is 10.0. The van der Waals surface area contributed by atoms with Gasteiger partial charge in [-0.2, -0.15) is 0 Å². The van der Waals surface area contributed by atoms with E-state index in [0.29, 0.717) is 16.4 Å². The summed E-state index contributed by atoms with van der Waals surface area (Å²) in [5, 5.41) is 3.36. The number of rotatable bonds is 3. The van der Waals surface area contributed by atoms with Crippen molar-refractivity contribution in [2.24, 2.45) is 10.9 Å². The zero-order valence-corrected chi connectivity index (χ0v) is 17.6. The molecule has 1 heterocycles. The van der Waals surface area contributed by atoms with E-state index in [-0.39, 0.29) is 24.3 Å². The molecule has 2 amide bonds. The summed E-state index contributed by atoms with van der Waals surface area (Å²) in [7, 11) is 0. The first kappa shape index (κ1) is 19.6. The van der Waals surface area contributed by atoms with Crippen LogP contribution in [-0.4, -0.2) is 24.1 Å². The summed E-state index contributed by atoms with van der Waals surface area (Å²) in [5.74, 6) is -0.566. The van der Waals surface area contributed by atoms with Crippen molar-refractivity contribution in [1.82, 2.24) is 0 Å². The third kappa shape index (κ3) is 3.67. The van der Waals surface area contributed by atoms with Crippen LogP contribution in [-0.2, 0) is 9.59 Å². The monoisotopic (exact) mass is 409 g/mol. The fourth-order valence-corrected chi connectivity index (χ4v) is 4.19. The lowest BCUT2D eigenvalue weighted by Crippen LogP contribution is -2.42. The van der Waals surface area contributed by atoms with Crippen molar-refractivity contribution in [3.8, 4) is 0 Å². The van der Waals surface area contributed by atoms with Gasteiger partial charge in [0.15, 0.2) is 0 Å². The van der Waals surface area contributed by atoms with E-state index in [1.807, 2.05) is 45.0 Å². The van der Waals surface area contributed by atoms with Crippen LogP contribution in [0.4, 0.5) is 17.1 Å². The van der Waals surface area contributed by atoms with Crippen LogP contribution in [0.5, 0.6) is 0 Å². The fourth-order valence-electron chi connectivity index (χ4n) is 4.02. The second-order valence-electron chi connectivity index (χ2n) is 7.88. The van der Waals surface area contributed by atoms with Gasteiger partial charge in [-0.1, -0.05) is 23.7 Å². The summed E-state index contributed by atoms with van der Waals surface area (Å²) >= 11 is 6.31. The minimum Gasteiger partial charge on any atom is -0.323 e. The van der Waals surface area contributed by atoms with E-state index in [2.05, 4.69) is 5.32 Å². The van der Waals surface area contributed by atoms with Crippen molar-refractivity contribution in [2.45, 2.75) is 40.0 Å². The molecule has 6 heteroatoms. The summed E-state index contributed by atoms with van der Waals surface area (Å²) in [5.41, 5.74) is 6.02. The number of hydrogen-bond donors (Lipinski definition) is 1. The predicted molar refractivity (Wildman–Crippen MR) is 118 cm³/mol. The largest absolute Gasteiger partial charge is 0.323 e. The Bertz CT molecular complexity index is 1040. The second kappa shape index (κ2) is 7.64. The average molecular weight is 410 g/mol. The zero-order valence-electron chi connectivity index (χ0n) is 16.9. The molecule has 150 valence electrons. The number of carbonyl (C=O) groups excluding carboxylic acids is 2. The van der Waals surface area contributed by atoms with Crippen LogP contribution in [0.2, 0.25) is 5.02 Å². The van der Waals surface area contributed by atoms with E-state index < -0.39 is 0 Å². The molecule has 0 spiro atoms. The standard InChI is InChI=1S/C23H24ClN3O2/c1-13-6-4-9-18(22(13)24)26-21(28)12-27-20-11-15(3)14(2)10-19(20)25-17-8-5-7-16(17)23(27)29/h4,6,9-11,16H,5,7-8,12H2,1-3H3,(H,26,28)/t16-/m0/s1. The summed E-state index contributed by atoms with van der Waals surface area (Å²) in [6.07, 6.45) is 2.57. The van der Waals surface area contributed by atoms with Crippen LogP contribution in [0.15, 0.2) is 35.3 Å². The van der Waals surface area contributed by atoms with Gasteiger partial charge < -0.3 is 10.2 Å². The molecule has 1 saturated carbocycles. The summed E-state index contributed by atoms with van der Waals surface area (Å²) < 4.78 is 0. The number of anilines is 2. The molecule has 1 atom stereocenters. The zero-order chi connectivity index (χ0) is 20.7. The highest BCUT2D eigenvalue weighted by Crippen LogP contribution is 2.39. The quantitative estimate of drug-likeness (QED) is 0.764. The van der Waals surface area contributed by atoms with Crippen LogP contribution < -0.4 is 10.2 Å². The number of aryl methyl sites for hydroxylation is 3. The van der Waals surface area contributed by atoms with Gasteiger partial charge in [0, 0.05) is 5.71 Å². The Morgan fingerprint density at radius 2 is 1.97 bits per heavy atom. The number of nitrogens with zero attached hydrogens (tertiary/aromatic N) is 2. The minimum atomic E-state index is -0.281. The highest BCUT2D eigenvalue weighted by Gasteiger charge is 2.37. The van der Waals surface area contributed by atoms with Gasteiger partial charge in [0.1, 0.15) is 6.54 Å². The Morgan fingerprint density at radius 3 is 2.76 bits per heavy atom. The van der Waals surface area contributed by atoms with Crippen LogP contribution in [0.1, 0.15) is 36.0 Å². The molecule has 1 aliphatic heterocycles. The molecule has 29 heavy (non-hydrogen) atoms. The Labute approximate surface area is 175 Å². The van der Waals surface area contributed by atoms with Crippen molar-refractivity contribution < 1.29 is 9.59 Å². The highest BCUT2D eigenvalue weighted by molar-refractivity contribution is 6.34. The molecule has 4 rings (SSSR count). The van der Waals surface area contributed by atoms with Crippen LogP contribution >= 0.6 is 11.6 Å². The average Bonchev–Trinajstić information content (AvgIpc) is 3.10. The fraction of sp³-hybridized carbons (Fsp3) is 0.348. The van der Waals surface area contributed by atoms with Crippen LogP contribution in [0, 0.1) is 26.7 Å². The molecule has 1 N–H and O–H groups in total. The number of benzene rings is 2. The van der Waals surface area contributed by atoms with Crippen molar-refractivity contribution in [3.63, 3.8) is 0 Å². The highest BCUT2D eigenvalue weighted by atomic mass is 35.5. The van der Waals surface area contributed by atoms with E-state index in [1.54, 1.807) is 11.0 Å². The van der Waals surface area contributed by atoms with E-state index in [4.69, 9.17) is 16.6 Å². The molecule has 0 radical (unpaired) electrons. The Morgan fingerprint density at radius 1 is 1.21 bits per heavy atom. The molecule has 1 fully saturated rings. The number of halogens is 1. The van der Waals surface area contributed by atoms with Gasteiger partial charge in [-0.3, -0.25) is 14.6 Å². The topological polar surface area (TPSA) is 61.8 Å². The molecule has 0 saturated heterocycles. The molecule has 0 bridgehead atoms. The SMILES string of the molecule is Cc1cc2c(cc1C)N(CC(=O)Nc1cccc(C)c1Cl)C(=O)[C@H]1CCCC1=N2. The number of carbonyl (C=O) groups is 2. The Balaban J connectivity index is 1.67. The summed E-state index contributed by atoms with van der Waals surface area (Å²) in [4.78, 5) is 32.6. The van der Waals surface area contributed by atoms with Gasteiger partial charge in [0.25, 0.3) is 0 Å². The molecule has 5 nitrogen and oxygen atoms in total. The smallest absolute Gasteiger partial charge is 0.244 e. The van der Waals surface area contributed by atoms with Crippen molar-refractivity contribution in [3.05, 3.63) is 52.0 Å². The van der Waals surface area contributed by atoms with Crippen molar-refractivity contribution in [1.29, 1.82) is 0 Å². The predicted octanol–water partition coefficient (Wildman–Crippen LogP) is 5.12. The minimum absolute atomic E-state index is 0.0475. The third-order valence-electron chi connectivity index (χ3n) is 5.81. The van der Waals surface area contributed by atoms with E-state index in [0.717, 1.165) is 47.4 Å². The molecule has 0 aromatic heterocycles. The van der Waals surface area contributed by atoms with Gasteiger partial charge in [-0.25, -0.2) is 0 Å². The Kier molecular flexibility index (Phi) is 5.17. The summed E-state index contributed by atoms with van der Waals surface area (Å²) in [6, 6.07) is 9.45. The lowest BCUT2D eigenvalue weighted by Gasteiger charge is -2.25. The number of nitrogens with one attached hydrogen (secondary N) is 1. The first-order valence-electron chi connectivity index (χ1n) is 9.90. The van der Waals surface area contributed by atoms with Gasteiger partial charge in [-0.15, -0.1) is 0 Å². The van der Waals surface area contributed by atoms with Crippen LogP contribution in [0.3, 0.4) is 0 Å². The first-order valence-corrected chi connectivity index (χ1v) is 10.3. The number of fused-ring (bicyclic) bond motifs is 2. The molecule has 2 aromatic carbocycles. The molecule has 1 aliphatic carbocycles. The van der Waals surface area contributed by atoms with Crippen LogP contribution in [0.25, 0.3) is 0 Å². The lowest BCUT2D eigenvalue weighted by molar-refractivity contribution is -0.122. The molecule has 2 aliphatic rings. The molecule has 2 aromatic rings. The molecular weight excluding hydrogens is 386 g/mol. The van der Waals surface area contributed by atoms with E-state index >= 15 is 0 Å². The Hall–Kier alpha value is -2.66. The maximum Gasteiger partial charge on any atom is 0.244 e. The molecular formula is C23H24ClN3O2. The number of hydrogen-bond acceptors (Lipinski definition) is 3. The first-order chi connectivity index (χ1) is 13.8. The second-order valence-corrected chi connectivity index (χ2v) is 8.26. The van der Waals surface area contributed by atoms with Gasteiger partial charge in [0.05, 0.1) is 28.0 Å². The van der Waals surface area contributed by atoms with Gasteiger partial charge in [0.2, 0.25) is 11.8 Å². The van der Waals surface area contributed by atoms with Crippen molar-refractivity contribution >= 4 is 46.2 Å². The van der Waals surface area contributed by atoms with Gasteiger partial charge >= 0.3 is 0 Å². The molecule has 0 unspecified atom stereocenters. The number of amides is 2. The normalized spacial score (nSPS) is 18.1. The third-order valence-corrected chi connectivity index (χ3v) is 6.31. The summed E-state index contributed by atoms with van der Waals surface area (Å²) in [6.45, 7) is 5.85. The number of aliphatic imine (C=N–C) groups is 1. The van der Waals surface area contributed by atoms with Crippen molar-refractivity contribution in [2.75, 3.05) is 16.8 Å². The van der Waals surface area contributed by atoms with E-state index in [9.17, 15) is 9.59 Å².